The molecule has 0 aliphatic carbocycles. The molecule has 1 N–H and O–H groups in total. The van der Waals surface area contributed by atoms with Gasteiger partial charge in [-0.25, -0.2) is 4.79 Å². The molecule has 138 valence electrons. The Balaban J connectivity index is 1.71. The van der Waals surface area contributed by atoms with Crippen molar-refractivity contribution in [1.29, 1.82) is 0 Å². The summed E-state index contributed by atoms with van der Waals surface area (Å²) in [5.74, 6) is 0. The molecule has 1 aromatic carbocycles. The summed E-state index contributed by atoms with van der Waals surface area (Å²) in [7, 11) is 0. The Bertz CT molecular complexity index is 1060. The highest BCUT2D eigenvalue weighted by atomic mass is 32.1. The molecular weight excluding hydrogens is 374 g/mol. The predicted octanol–water partition coefficient (Wildman–Crippen LogP) is 4.32. The van der Waals surface area contributed by atoms with Crippen LogP contribution >= 0.6 is 22.7 Å². The first-order chi connectivity index (χ1) is 13.1. The van der Waals surface area contributed by atoms with Crippen molar-refractivity contribution in [2.75, 3.05) is 0 Å². The van der Waals surface area contributed by atoms with Crippen LogP contribution in [0.25, 0.3) is 11.0 Å². The molecule has 0 radical (unpaired) electrons. The monoisotopic (exact) mass is 396 g/mol. The van der Waals surface area contributed by atoms with E-state index < -0.39 is 0 Å². The van der Waals surface area contributed by atoms with Crippen molar-refractivity contribution in [1.82, 2.24) is 0 Å². The Kier molecular flexibility index (Phi) is 5.25. The minimum Gasteiger partial charge on any atom is -0.423 e. The van der Waals surface area contributed by atoms with Crippen molar-refractivity contribution >= 4 is 33.6 Å². The van der Waals surface area contributed by atoms with E-state index in [2.05, 4.69) is 48.0 Å². The van der Waals surface area contributed by atoms with Gasteiger partial charge in [0.15, 0.2) is 0 Å². The normalized spacial score (nSPS) is 11.5. The molecule has 0 aliphatic rings. The van der Waals surface area contributed by atoms with Crippen LogP contribution < -0.4 is 10.5 Å². The quantitative estimate of drug-likeness (QED) is 0.493. The van der Waals surface area contributed by atoms with E-state index in [9.17, 15) is 4.79 Å². The smallest absolute Gasteiger partial charge is 0.336 e. The van der Waals surface area contributed by atoms with Crippen molar-refractivity contribution in [2.45, 2.75) is 33.5 Å². The van der Waals surface area contributed by atoms with Gasteiger partial charge in [-0.2, -0.15) is 0 Å². The molecule has 3 heterocycles. The Labute approximate surface area is 166 Å². The summed E-state index contributed by atoms with van der Waals surface area (Å²) in [6.07, 6.45) is 0. The molecule has 0 unspecified atom stereocenters. The summed E-state index contributed by atoms with van der Waals surface area (Å²) in [5.41, 5.74) is 3.84. The lowest BCUT2D eigenvalue weighted by atomic mass is 10.0. The lowest BCUT2D eigenvalue weighted by Crippen LogP contribution is -3.07. The van der Waals surface area contributed by atoms with Gasteiger partial charge in [0.25, 0.3) is 0 Å². The van der Waals surface area contributed by atoms with E-state index in [-0.39, 0.29) is 5.63 Å². The van der Waals surface area contributed by atoms with Crippen LogP contribution in [0.3, 0.4) is 0 Å². The molecule has 4 rings (SSSR count). The molecule has 27 heavy (non-hydrogen) atoms. The molecule has 4 aromatic rings. The summed E-state index contributed by atoms with van der Waals surface area (Å²) < 4.78 is 5.47. The number of quaternary nitrogens is 1. The summed E-state index contributed by atoms with van der Waals surface area (Å²) in [6, 6.07) is 14.4. The van der Waals surface area contributed by atoms with Crippen LogP contribution in [-0.4, -0.2) is 0 Å². The third-order valence-electron chi connectivity index (χ3n) is 4.89. The van der Waals surface area contributed by atoms with Crippen molar-refractivity contribution in [2.24, 2.45) is 0 Å². The lowest BCUT2D eigenvalue weighted by molar-refractivity contribution is -0.940. The first-order valence-corrected chi connectivity index (χ1v) is 10.8. The molecular formula is C22H22NO2S2+. The standard InChI is InChI=1S/C22H21NO2S2/c1-15-9-20-17(11-22(24)25-21(20)10-16(15)2)12-23(13-18-5-3-7-26-18)14-19-6-4-8-27-19/h3-11H,12-14H2,1-2H3/p+1. The van der Waals surface area contributed by atoms with Crippen LogP contribution in [-0.2, 0) is 19.6 Å². The van der Waals surface area contributed by atoms with Crippen LogP contribution in [0, 0.1) is 13.8 Å². The molecule has 0 saturated carbocycles. The topological polar surface area (TPSA) is 34.6 Å². The molecule has 0 bridgehead atoms. The number of hydrogen-bond acceptors (Lipinski definition) is 4. The second-order valence-electron chi connectivity index (χ2n) is 6.96. The maximum atomic E-state index is 12.1. The van der Waals surface area contributed by atoms with E-state index in [1.165, 1.54) is 20.2 Å². The first-order valence-electron chi connectivity index (χ1n) is 9.01. The van der Waals surface area contributed by atoms with E-state index in [0.29, 0.717) is 5.58 Å². The Morgan fingerprint density at radius 3 is 2.11 bits per heavy atom. The minimum absolute atomic E-state index is 0.271. The van der Waals surface area contributed by atoms with Gasteiger partial charge in [-0.1, -0.05) is 12.1 Å². The van der Waals surface area contributed by atoms with E-state index in [4.69, 9.17) is 4.42 Å². The second-order valence-corrected chi connectivity index (χ2v) is 9.03. The average Bonchev–Trinajstić information content (AvgIpc) is 3.30. The number of nitrogens with one attached hydrogen (secondary N) is 1. The molecule has 0 aliphatic heterocycles. The van der Waals surface area contributed by atoms with Gasteiger partial charge in [0.1, 0.15) is 25.2 Å². The second kappa shape index (κ2) is 7.80. The number of fused-ring (bicyclic) bond motifs is 1. The average molecular weight is 397 g/mol. The van der Waals surface area contributed by atoms with E-state index in [1.54, 1.807) is 28.7 Å². The third kappa shape index (κ3) is 4.21. The molecule has 5 heteroatoms. The van der Waals surface area contributed by atoms with Gasteiger partial charge in [0.2, 0.25) is 0 Å². The highest BCUT2D eigenvalue weighted by Crippen LogP contribution is 2.21. The molecule has 0 fully saturated rings. The summed E-state index contributed by atoms with van der Waals surface area (Å²) in [4.78, 5) is 16.3. The minimum atomic E-state index is -0.271. The Hall–Kier alpha value is -2.21. The highest BCUT2D eigenvalue weighted by Gasteiger charge is 2.17. The SMILES string of the molecule is Cc1cc2oc(=O)cc(C[NH+](Cc3cccs3)Cc3cccs3)c2cc1C. The van der Waals surface area contributed by atoms with Crippen molar-refractivity contribution < 1.29 is 9.32 Å². The number of benzene rings is 1. The molecule has 0 atom stereocenters. The largest absolute Gasteiger partial charge is 0.423 e. The van der Waals surface area contributed by atoms with Crippen LogP contribution in [0.1, 0.15) is 26.4 Å². The Morgan fingerprint density at radius 2 is 1.52 bits per heavy atom. The van der Waals surface area contributed by atoms with Crippen LogP contribution in [0.4, 0.5) is 0 Å². The van der Waals surface area contributed by atoms with Gasteiger partial charge in [-0.05, 0) is 60.0 Å². The predicted molar refractivity (Wildman–Crippen MR) is 113 cm³/mol. The fraction of sp³-hybridized carbons (Fsp3) is 0.227. The van der Waals surface area contributed by atoms with Gasteiger partial charge in [0.05, 0.1) is 9.75 Å². The maximum absolute atomic E-state index is 12.1. The number of hydrogen-bond donors (Lipinski definition) is 1. The zero-order valence-corrected chi connectivity index (χ0v) is 17.1. The van der Waals surface area contributed by atoms with E-state index >= 15 is 0 Å². The summed E-state index contributed by atoms with van der Waals surface area (Å²) >= 11 is 3.58. The van der Waals surface area contributed by atoms with Crippen LogP contribution in [0.2, 0.25) is 0 Å². The zero-order chi connectivity index (χ0) is 18.8. The number of thiophene rings is 2. The van der Waals surface area contributed by atoms with Gasteiger partial charge in [-0.15, -0.1) is 22.7 Å². The van der Waals surface area contributed by atoms with Gasteiger partial charge < -0.3 is 9.32 Å². The maximum Gasteiger partial charge on any atom is 0.336 e. The summed E-state index contributed by atoms with van der Waals surface area (Å²) in [6.45, 7) is 6.84. The fourth-order valence-corrected chi connectivity index (χ4v) is 4.96. The zero-order valence-electron chi connectivity index (χ0n) is 15.5. The van der Waals surface area contributed by atoms with E-state index in [1.807, 2.05) is 13.0 Å². The molecule has 0 saturated heterocycles. The summed E-state index contributed by atoms with van der Waals surface area (Å²) in [5, 5.41) is 5.29. The number of rotatable bonds is 6. The van der Waals surface area contributed by atoms with Crippen molar-refractivity contribution in [3.63, 3.8) is 0 Å². The first kappa shape index (κ1) is 18.2. The van der Waals surface area contributed by atoms with Gasteiger partial charge >= 0.3 is 5.63 Å². The fourth-order valence-electron chi connectivity index (χ4n) is 3.41. The van der Waals surface area contributed by atoms with Gasteiger partial charge in [-0.3, -0.25) is 0 Å². The molecule has 3 nitrogen and oxygen atoms in total. The lowest BCUT2D eigenvalue weighted by Gasteiger charge is -2.19. The molecule has 0 amide bonds. The van der Waals surface area contributed by atoms with Crippen LogP contribution in [0.5, 0.6) is 0 Å². The highest BCUT2D eigenvalue weighted by molar-refractivity contribution is 7.10. The van der Waals surface area contributed by atoms with Crippen LogP contribution in [0.15, 0.2) is 62.4 Å². The van der Waals surface area contributed by atoms with E-state index in [0.717, 1.165) is 36.1 Å². The molecule has 3 aromatic heterocycles. The number of aryl methyl sites for hydroxylation is 2. The van der Waals surface area contributed by atoms with Gasteiger partial charge in [0, 0.05) is 17.0 Å². The Morgan fingerprint density at radius 1 is 0.889 bits per heavy atom. The van der Waals surface area contributed by atoms with Crippen molar-refractivity contribution in [3.05, 3.63) is 90.1 Å². The third-order valence-corrected chi connectivity index (χ3v) is 6.65. The van der Waals surface area contributed by atoms with Crippen molar-refractivity contribution in [3.8, 4) is 0 Å². The molecule has 0 spiro atoms.